The number of rotatable bonds is 4. The van der Waals surface area contributed by atoms with Crippen molar-refractivity contribution in [3.8, 4) is 5.75 Å². The van der Waals surface area contributed by atoms with E-state index >= 15 is 0 Å². The maximum Gasteiger partial charge on any atom is 0.306 e. The molecule has 0 aromatic heterocycles. The third-order valence-corrected chi connectivity index (χ3v) is 3.74. The van der Waals surface area contributed by atoms with Crippen LogP contribution in [0.3, 0.4) is 0 Å². The monoisotopic (exact) mass is 305 g/mol. The van der Waals surface area contributed by atoms with Gasteiger partial charge in [0, 0.05) is 18.5 Å². The number of likely N-dealkylation sites (N-methyl/N-ethyl adjacent to an activating group) is 1. The number of ketones is 1. The smallest absolute Gasteiger partial charge is 0.306 e. The number of carbonyl (C=O) groups is 3. The highest BCUT2D eigenvalue weighted by atomic mass is 16.5. The molecule has 2 rings (SSSR count). The van der Waals surface area contributed by atoms with Crippen molar-refractivity contribution >= 4 is 23.3 Å². The van der Waals surface area contributed by atoms with Crippen molar-refractivity contribution in [1.82, 2.24) is 0 Å². The van der Waals surface area contributed by atoms with Gasteiger partial charge in [0.15, 0.2) is 11.9 Å². The van der Waals surface area contributed by atoms with Gasteiger partial charge in [-0.1, -0.05) is 6.92 Å². The molecule has 6 nitrogen and oxygen atoms in total. The van der Waals surface area contributed by atoms with Crippen LogP contribution < -0.4 is 9.64 Å². The largest absolute Gasteiger partial charge is 0.479 e. The molecular weight excluding hydrogens is 286 g/mol. The van der Waals surface area contributed by atoms with Crippen molar-refractivity contribution in [3.63, 3.8) is 0 Å². The number of methoxy groups -OCH3 is 1. The summed E-state index contributed by atoms with van der Waals surface area (Å²) >= 11 is 0. The van der Waals surface area contributed by atoms with Gasteiger partial charge in [0.05, 0.1) is 19.2 Å². The van der Waals surface area contributed by atoms with Gasteiger partial charge in [-0.25, -0.2) is 0 Å². The highest BCUT2D eigenvalue weighted by molar-refractivity contribution is 6.03. The molecule has 0 radical (unpaired) electrons. The molecule has 2 atom stereocenters. The minimum atomic E-state index is -0.588. The van der Waals surface area contributed by atoms with E-state index in [0.717, 1.165) is 0 Å². The predicted molar refractivity (Wildman–Crippen MR) is 80.1 cm³/mol. The number of ether oxygens (including phenoxy) is 2. The Morgan fingerprint density at radius 1 is 1.41 bits per heavy atom. The van der Waals surface area contributed by atoms with Crippen molar-refractivity contribution in [2.24, 2.45) is 5.92 Å². The molecule has 0 fully saturated rings. The van der Waals surface area contributed by atoms with E-state index in [1.165, 1.54) is 12.0 Å². The van der Waals surface area contributed by atoms with Crippen LogP contribution in [0.2, 0.25) is 0 Å². The number of nitrogens with zero attached hydrogens (tertiary/aromatic N) is 1. The van der Waals surface area contributed by atoms with Gasteiger partial charge in [0.1, 0.15) is 5.75 Å². The third-order valence-electron chi connectivity index (χ3n) is 3.74. The number of amides is 1. The summed E-state index contributed by atoms with van der Waals surface area (Å²) < 4.78 is 10.1. The molecule has 1 amide bonds. The molecule has 22 heavy (non-hydrogen) atoms. The predicted octanol–water partition coefficient (Wildman–Crippen LogP) is 1.81. The van der Waals surface area contributed by atoms with Gasteiger partial charge in [-0.2, -0.15) is 0 Å². The first-order valence-corrected chi connectivity index (χ1v) is 7.04. The Labute approximate surface area is 129 Å². The van der Waals surface area contributed by atoms with E-state index in [9.17, 15) is 14.4 Å². The molecule has 0 spiro atoms. The zero-order valence-corrected chi connectivity index (χ0v) is 13.1. The molecule has 1 aromatic rings. The van der Waals surface area contributed by atoms with Gasteiger partial charge in [-0.05, 0) is 25.1 Å². The van der Waals surface area contributed by atoms with Crippen molar-refractivity contribution in [3.05, 3.63) is 23.8 Å². The maximum atomic E-state index is 12.4. The summed E-state index contributed by atoms with van der Waals surface area (Å²) in [5.74, 6) is -0.708. The molecule has 1 aliphatic heterocycles. The van der Waals surface area contributed by atoms with Crippen molar-refractivity contribution in [2.75, 3.05) is 19.1 Å². The summed E-state index contributed by atoms with van der Waals surface area (Å²) in [4.78, 5) is 37.0. The molecule has 118 valence electrons. The molecule has 1 aliphatic rings. The zero-order valence-electron chi connectivity index (χ0n) is 13.1. The van der Waals surface area contributed by atoms with Crippen molar-refractivity contribution in [2.45, 2.75) is 26.4 Å². The minimum absolute atomic E-state index is 0.0298. The summed E-state index contributed by atoms with van der Waals surface area (Å²) in [6, 6.07) is 4.93. The summed E-state index contributed by atoms with van der Waals surface area (Å²) in [6.07, 6.45) is -0.558. The van der Waals surface area contributed by atoms with E-state index < -0.39 is 18.0 Å². The zero-order chi connectivity index (χ0) is 16.4. The summed E-state index contributed by atoms with van der Waals surface area (Å²) in [5.41, 5.74) is 1.07. The lowest BCUT2D eigenvalue weighted by atomic mass is 9.95. The van der Waals surface area contributed by atoms with E-state index in [0.29, 0.717) is 17.0 Å². The lowest BCUT2D eigenvalue weighted by Gasteiger charge is -2.30. The molecule has 2 unspecified atom stereocenters. The number of anilines is 1. The average Bonchev–Trinajstić information content (AvgIpc) is 2.51. The topological polar surface area (TPSA) is 72.9 Å². The first-order chi connectivity index (χ1) is 10.3. The van der Waals surface area contributed by atoms with Crippen LogP contribution in [0.5, 0.6) is 5.75 Å². The van der Waals surface area contributed by atoms with Crippen LogP contribution in [0.25, 0.3) is 0 Å². The minimum Gasteiger partial charge on any atom is -0.479 e. The van der Waals surface area contributed by atoms with Crippen LogP contribution in [0.1, 0.15) is 30.6 Å². The summed E-state index contributed by atoms with van der Waals surface area (Å²) in [6.45, 7) is 3.34. The average molecular weight is 305 g/mol. The van der Waals surface area contributed by atoms with Gasteiger partial charge < -0.3 is 14.4 Å². The molecule has 0 saturated carbocycles. The van der Waals surface area contributed by atoms with Crippen LogP contribution in [0, 0.1) is 5.92 Å². The van der Waals surface area contributed by atoms with Gasteiger partial charge in [0.2, 0.25) is 0 Å². The fourth-order valence-corrected chi connectivity index (χ4v) is 2.38. The van der Waals surface area contributed by atoms with E-state index in [-0.39, 0.29) is 18.1 Å². The van der Waals surface area contributed by atoms with Crippen LogP contribution >= 0.6 is 0 Å². The second kappa shape index (κ2) is 6.17. The standard InChI is InChI=1S/C16H19NO5/c1-9(7-14(18)21-4)15(19)11-5-6-12-13(8-11)22-10(2)16(20)17(12)3/h5-6,8-10H,7H2,1-4H3. The van der Waals surface area contributed by atoms with Crippen molar-refractivity contribution in [1.29, 1.82) is 0 Å². The molecular formula is C16H19NO5. The number of carbonyl (C=O) groups excluding carboxylic acids is 3. The van der Waals surface area contributed by atoms with E-state index in [2.05, 4.69) is 4.74 Å². The summed E-state index contributed by atoms with van der Waals surface area (Å²) in [5, 5.41) is 0. The molecule has 0 N–H and O–H groups in total. The van der Waals surface area contributed by atoms with Crippen LogP contribution in [-0.4, -0.2) is 37.9 Å². The van der Waals surface area contributed by atoms with E-state index in [1.54, 1.807) is 39.1 Å². The Kier molecular flexibility index (Phi) is 4.49. The molecule has 6 heteroatoms. The molecule has 1 heterocycles. The van der Waals surface area contributed by atoms with E-state index in [1.807, 2.05) is 0 Å². The number of Topliss-reactive ketones (excluding diaryl/α,β-unsaturated/α-hetero) is 1. The molecule has 1 aromatic carbocycles. The SMILES string of the molecule is COC(=O)CC(C)C(=O)c1ccc2c(c1)OC(C)C(=O)N2C. The second-order valence-electron chi connectivity index (χ2n) is 5.39. The number of hydrogen-bond donors (Lipinski definition) is 0. The highest BCUT2D eigenvalue weighted by Crippen LogP contribution is 2.34. The number of esters is 1. The summed E-state index contributed by atoms with van der Waals surface area (Å²) in [7, 11) is 2.96. The number of hydrogen-bond acceptors (Lipinski definition) is 5. The number of fused-ring (bicyclic) bond motifs is 1. The van der Waals surface area contributed by atoms with Gasteiger partial charge in [-0.15, -0.1) is 0 Å². The van der Waals surface area contributed by atoms with E-state index in [4.69, 9.17) is 4.74 Å². The lowest BCUT2D eigenvalue weighted by molar-refractivity contribution is -0.141. The Hall–Kier alpha value is -2.37. The Morgan fingerprint density at radius 2 is 2.09 bits per heavy atom. The second-order valence-corrected chi connectivity index (χ2v) is 5.39. The Balaban J connectivity index is 2.24. The van der Waals surface area contributed by atoms with Crippen LogP contribution in [0.4, 0.5) is 5.69 Å². The van der Waals surface area contributed by atoms with Crippen LogP contribution in [0.15, 0.2) is 18.2 Å². The van der Waals surface area contributed by atoms with Crippen LogP contribution in [-0.2, 0) is 14.3 Å². The molecule has 0 bridgehead atoms. The third kappa shape index (κ3) is 2.95. The lowest BCUT2D eigenvalue weighted by Crippen LogP contribution is -2.42. The van der Waals surface area contributed by atoms with Gasteiger partial charge in [0.25, 0.3) is 5.91 Å². The highest BCUT2D eigenvalue weighted by Gasteiger charge is 2.30. The first-order valence-electron chi connectivity index (χ1n) is 7.04. The fraction of sp³-hybridized carbons (Fsp3) is 0.438. The number of benzene rings is 1. The Bertz CT molecular complexity index is 625. The molecule has 0 aliphatic carbocycles. The maximum absolute atomic E-state index is 12.4. The Morgan fingerprint density at radius 3 is 2.73 bits per heavy atom. The van der Waals surface area contributed by atoms with Crippen molar-refractivity contribution < 1.29 is 23.9 Å². The van der Waals surface area contributed by atoms with Gasteiger partial charge in [-0.3, -0.25) is 14.4 Å². The quantitative estimate of drug-likeness (QED) is 0.626. The first kappa shape index (κ1) is 16.0. The van der Waals surface area contributed by atoms with Gasteiger partial charge >= 0.3 is 5.97 Å². The molecule has 0 saturated heterocycles. The normalized spacial score (nSPS) is 18.3. The fourth-order valence-electron chi connectivity index (χ4n) is 2.38.